The molecule has 1 aliphatic rings. The fraction of sp³-hybridized carbons (Fsp3) is 0.167. The van der Waals surface area contributed by atoms with Crippen molar-refractivity contribution in [2.75, 3.05) is 5.32 Å². The second-order valence-electron chi connectivity index (χ2n) is 9.36. The number of anilines is 1. The number of nitrogens with zero attached hydrogens (tertiary/aromatic N) is 2. The van der Waals surface area contributed by atoms with Gasteiger partial charge in [0.05, 0.1) is 5.69 Å². The first-order valence-electron chi connectivity index (χ1n) is 12.2. The summed E-state index contributed by atoms with van der Waals surface area (Å²) in [5.41, 5.74) is 9.01. The normalized spacial score (nSPS) is 13.1. The van der Waals surface area contributed by atoms with E-state index in [2.05, 4.69) is 51.7 Å². The molecule has 180 valence electrons. The summed E-state index contributed by atoms with van der Waals surface area (Å²) >= 11 is 12.4. The molecular formula is C30H25Cl2N3O. The molecule has 4 nitrogen and oxygen atoms in total. The third-order valence-electron chi connectivity index (χ3n) is 6.91. The Morgan fingerprint density at radius 3 is 2.39 bits per heavy atom. The van der Waals surface area contributed by atoms with Gasteiger partial charge < -0.3 is 9.88 Å². The van der Waals surface area contributed by atoms with E-state index in [-0.39, 0.29) is 5.91 Å². The molecule has 0 aliphatic carbocycles. The Morgan fingerprint density at radius 1 is 0.889 bits per heavy atom. The smallest absolute Gasteiger partial charge is 0.273 e. The number of imidazole rings is 1. The van der Waals surface area contributed by atoms with E-state index in [9.17, 15) is 4.79 Å². The maximum absolute atomic E-state index is 13.9. The number of rotatable bonds is 4. The van der Waals surface area contributed by atoms with Crippen molar-refractivity contribution in [3.05, 3.63) is 106 Å². The lowest BCUT2D eigenvalue weighted by Gasteiger charge is -2.11. The minimum absolute atomic E-state index is 0.158. The maximum atomic E-state index is 13.9. The number of carbonyl (C=O) groups excluding carboxylic acids is 1. The van der Waals surface area contributed by atoms with Crippen LogP contribution in [0.5, 0.6) is 0 Å². The minimum atomic E-state index is -0.158. The van der Waals surface area contributed by atoms with Gasteiger partial charge in [0.1, 0.15) is 11.3 Å². The average Bonchev–Trinajstić information content (AvgIpc) is 3.28. The summed E-state index contributed by atoms with van der Waals surface area (Å²) in [6.07, 6.45) is 5.16. The van der Waals surface area contributed by atoms with E-state index < -0.39 is 0 Å². The Hall–Kier alpha value is -3.47. The van der Waals surface area contributed by atoms with Crippen molar-refractivity contribution in [3.8, 4) is 22.4 Å². The molecule has 6 heteroatoms. The van der Waals surface area contributed by atoms with Crippen molar-refractivity contribution >= 4 is 40.4 Å². The molecule has 0 saturated carbocycles. The molecule has 36 heavy (non-hydrogen) atoms. The molecule has 0 bridgehead atoms. The zero-order chi connectivity index (χ0) is 24.8. The van der Waals surface area contributed by atoms with Crippen molar-refractivity contribution in [1.82, 2.24) is 8.97 Å². The predicted molar refractivity (Wildman–Crippen MR) is 148 cm³/mol. The first-order chi connectivity index (χ1) is 17.5. The quantitative estimate of drug-likeness (QED) is 0.258. The molecule has 0 fully saturated rings. The van der Waals surface area contributed by atoms with Crippen LogP contribution in [0.2, 0.25) is 10.0 Å². The molecule has 1 aliphatic heterocycles. The van der Waals surface area contributed by atoms with E-state index in [1.165, 1.54) is 11.1 Å². The van der Waals surface area contributed by atoms with E-state index in [1.807, 2.05) is 36.4 Å². The standard InChI is InChI=1S/C30H25Cl2N3O/c1-19-8-10-21(11-9-19)27-25-7-2-3-16-34-26(20-12-14-22(31)15-13-20)18-35(30(25)34)28(27)29(36)33-24-6-4-5-23(32)17-24/h4-6,8-15,17-18H,2-3,7,16H2,1H3,(H,33,36). The molecule has 6 rings (SSSR count). The Bertz CT molecular complexity index is 1590. The summed E-state index contributed by atoms with van der Waals surface area (Å²) < 4.78 is 4.44. The number of hydrogen-bond acceptors (Lipinski definition) is 1. The molecule has 1 N–H and O–H groups in total. The molecule has 5 aromatic rings. The van der Waals surface area contributed by atoms with E-state index in [4.69, 9.17) is 23.2 Å². The van der Waals surface area contributed by atoms with Crippen LogP contribution in [0.1, 0.15) is 34.5 Å². The molecular weight excluding hydrogens is 489 g/mol. The first kappa shape index (κ1) is 23.0. The van der Waals surface area contributed by atoms with Gasteiger partial charge in [-0.3, -0.25) is 9.20 Å². The van der Waals surface area contributed by atoms with Gasteiger partial charge in [0.2, 0.25) is 0 Å². The van der Waals surface area contributed by atoms with Gasteiger partial charge in [-0.1, -0.05) is 71.2 Å². The Kier molecular flexibility index (Phi) is 5.87. The molecule has 0 unspecified atom stereocenters. The Balaban J connectivity index is 1.61. The number of aromatic nitrogens is 2. The van der Waals surface area contributed by atoms with Gasteiger partial charge in [-0.25, -0.2) is 0 Å². The molecule has 3 aromatic carbocycles. The van der Waals surface area contributed by atoms with Crippen LogP contribution in [0.15, 0.2) is 79.0 Å². The Labute approximate surface area is 220 Å². The molecule has 2 aromatic heterocycles. The van der Waals surface area contributed by atoms with Crippen LogP contribution in [-0.2, 0) is 13.0 Å². The molecule has 0 atom stereocenters. The zero-order valence-corrected chi connectivity index (χ0v) is 21.4. The van der Waals surface area contributed by atoms with Gasteiger partial charge in [-0.2, -0.15) is 0 Å². The lowest BCUT2D eigenvalue weighted by Crippen LogP contribution is -2.15. The largest absolute Gasteiger partial charge is 0.325 e. The van der Waals surface area contributed by atoms with Crippen molar-refractivity contribution in [2.24, 2.45) is 0 Å². The van der Waals surface area contributed by atoms with Crippen molar-refractivity contribution in [3.63, 3.8) is 0 Å². The topological polar surface area (TPSA) is 38.4 Å². The van der Waals surface area contributed by atoms with Gasteiger partial charge in [0.15, 0.2) is 0 Å². The van der Waals surface area contributed by atoms with Gasteiger partial charge in [0, 0.05) is 39.6 Å². The zero-order valence-electron chi connectivity index (χ0n) is 19.9. The SMILES string of the molecule is Cc1ccc(-c2c3c4n(c(-c5ccc(Cl)cc5)cn4c2C(=O)Nc2cccc(Cl)c2)CCCC3)cc1. The first-order valence-corrected chi connectivity index (χ1v) is 12.9. The summed E-state index contributed by atoms with van der Waals surface area (Å²) in [5, 5.41) is 4.38. The highest BCUT2D eigenvalue weighted by atomic mass is 35.5. The van der Waals surface area contributed by atoms with Gasteiger partial charge in [0.25, 0.3) is 5.91 Å². The molecule has 0 saturated heterocycles. The molecule has 3 heterocycles. The number of hydrogen-bond donors (Lipinski definition) is 1. The van der Waals surface area contributed by atoms with Crippen molar-refractivity contribution in [2.45, 2.75) is 32.7 Å². The lowest BCUT2D eigenvalue weighted by molar-refractivity contribution is 0.102. The number of nitrogens with one attached hydrogen (secondary N) is 1. The summed E-state index contributed by atoms with van der Waals surface area (Å²) in [6.45, 7) is 2.97. The summed E-state index contributed by atoms with van der Waals surface area (Å²) in [5.74, 6) is -0.158. The van der Waals surface area contributed by atoms with E-state index in [0.717, 1.165) is 53.8 Å². The van der Waals surface area contributed by atoms with Gasteiger partial charge in [-0.15, -0.1) is 0 Å². The number of carbonyl (C=O) groups is 1. The van der Waals surface area contributed by atoms with Crippen LogP contribution in [0.3, 0.4) is 0 Å². The summed E-state index contributed by atoms with van der Waals surface area (Å²) in [4.78, 5) is 13.9. The van der Waals surface area contributed by atoms with Gasteiger partial charge >= 0.3 is 0 Å². The van der Waals surface area contributed by atoms with Crippen LogP contribution in [0.25, 0.3) is 28.0 Å². The third-order valence-corrected chi connectivity index (χ3v) is 7.40. The highest BCUT2D eigenvalue weighted by Gasteiger charge is 2.29. The predicted octanol–water partition coefficient (Wildman–Crippen LogP) is 8.28. The third kappa shape index (κ3) is 4.01. The van der Waals surface area contributed by atoms with Crippen LogP contribution < -0.4 is 5.32 Å². The van der Waals surface area contributed by atoms with E-state index in [0.29, 0.717) is 21.4 Å². The van der Waals surface area contributed by atoms with Crippen molar-refractivity contribution in [1.29, 1.82) is 0 Å². The highest BCUT2D eigenvalue weighted by Crippen LogP contribution is 2.40. The van der Waals surface area contributed by atoms with Crippen LogP contribution >= 0.6 is 23.2 Å². The average molecular weight is 514 g/mol. The van der Waals surface area contributed by atoms with Gasteiger partial charge in [-0.05, 0) is 67.6 Å². The van der Waals surface area contributed by atoms with Crippen LogP contribution in [0.4, 0.5) is 5.69 Å². The van der Waals surface area contributed by atoms with Crippen LogP contribution in [-0.4, -0.2) is 14.9 Å². The number of halogens is 2. The van der Waals surface area contributed by atoms with E-state index in [1.54, 1.807) is 12.1 Å². The fourth-order valence-electron chi connectivity index (χ4n) is 5.25. The second-order valence-corrected chi connectivity index (χ2v) is 10.2. The minimum Gasteiger partial charge on any atom is -0.325 e. The number of benzene rings is 3. The van der Waals surface area contributed by atoms with E-state index >= 15 is 0 Å². The summed E-state index contributed by atoms with van der Waals surface area (Å²) in [7, 11) is 0. The highest BCUT2D eigenvalue weighted by molar-refractivity contribution is 6.31. The maximum Gasteiger partial charge on any atom is 0.273 e. The lowest BCUT2D eigenvalue weighted by atomic mass is 9.97. The molecule has 1 amide bonds. The fourth-order valence-corrected chi connectivity index (χ4v) is 5.56. The second kappa shape index (κ2) is 9.20. The monoisotopic (exact) mass is 513 g/mol. The number of aryl methyl sites for hydroxylation is 3. The van der Waals surface area contributed by atoms with Crippen molar-refractivity contribution < 1.29 is 4.79 Å². The van der Waals surface area contributed by atoms with Crippen LogP contribution in [0, 0.1) is 6.92 Å². The molecule has 0 spiro atoms. The number of amides is 1. The summed E-state index contributed by atoms with van der Waals surface area (Å²) in [6, 6.07) is 23.6. The Morgan fingerprint density at radius 2 is 1.64 bits per heavy atom. The molecule has 0 radical (unpaired) electrons.